The van der Waals surface area contributed by atoms with Crippen LogP contribution in [0.2, 0.25) is 0 Å². The van der Waals surface area contributed by atoms with Gasteiger partial charge in [-0.15, -0.1) is 24.0 Å². The summed E-state index contributed by atoms with van der Waals surface area (Å²) in [5.74, 6) is 2.70. The molecule has 0 aliphatic carbocycles. The van der Waals surface area contributed by atoms with Gasteiger partial charge in [-0.1, -0.05) is 12.1 Å². The number of hydrogen-bond donors (Lipinski definition) is 2. The maximum absolute atomic E-state index is 8.86. The van der Waals surface area contributed by atoms with Crippen molar-refractivity contribution in [3.05, 3.63) is 47.0 Å². The van der Waals surface area contributed by atoms with Crippen LogP contribution >= 0.6 is 24.0 Å². The highest BCUT2D eigenvalue weighted by Gasteiger charge is 2.21. The monoisotopic (exact) mass is 465 g/mol. The van der Waals surface area contributed by atoms with E-state index in [0.717, 1.165) is 49.1 Å². The van der Waals surface area contributed by atoms with Gasteiger partial charge in [-0.2, -0.15) is 10.4 Å². The predicted molar refractivity (Wildman–Crippen MR) is 111 cm³/mol. The van der Waals surface area contributed by atoms with E-state index in [1.54, 1.807) is 0 Å². The zero-order chi connectivity index (χ0) is 17.6. The molecule has 0 amide bonds. The number of benzene rings is 1. The summed E-state index contributed by atoms with van der Waals surface area (Å²) in [6.07, 6.45) is 1.94. The first-order valence-electron chi connectivity index (χ1n) is 8.62. The molecule has 26 heavy (non-hydrogen) atoms. The summed E-state index contributed by atoms with van der Waals surface area (Å²) in [7, 11) is 0. The van der Waals surface area contributed by atoms with Crippen LogP contribution in [0.5, 0.6) is 0 Å². The number of hydrogen-bond acceptors (Lipinski definition) is 4. The average Bonchev–Trinajstić information content (AvgIpc) is 2.99. The summed E-state index contributed by atoms with van der Waals surface area (Å²) in [4.78, 5) is 9.11. The van der Waals surface area contributed by atoms with Crippen molar-refractivity contribution in [1.82, 2.24) is 25.4 Å². The van der Waals surface area contributed by atoms with Crippen LogP contribution in [0.25, 0.3) is 0 Å². The Bertz CT molecular complexity index is 789. The molecular formula is C18H24IN7. The number of aromatic nitrogens is 3. The number of nitriles is 1. The second-order valence-electron chi connectivity index (χ2n) is 6.14. The molecule has 0 bridgehead atoms. The number of nitrogens with one attached hydrogen (secondary N) is 2. The number of guanidine groups is 1. The number of aryl methyl sites for hydroxylation is 2. The Labute approximate surface area is 170 Å². The van der Waals surface area contributed by atoms with Crippen molar-refractivity contribution in [3.8, 4) is 6.07 Å². The topological polar surface area (TPSA) is 90.9 Å². The highest BCUT2D eigenvalue weighted by atomic mass is 127. The van der Waals surface area contributed by atoms with E-state index in [-0.39, 0.29) is 30.0 Å². The average molecular weight is 465 g/mol. The van der Waals surface area contributed by atoms with Gasteiger partial charge in [-0.3, -0.25) is 0 Å². The molecule has 1 atom stereocenters. The van der Waals surface area contributed by atoms with Crippen molar-refractivity contribution >= 4 is 29.9 Å². The molecule has 0 fully saturated rings. The molecule has 1 aromatic carbocycles. The Morgan fingerprint density at radius 3 is 2.85 bits per heavy atom. The fourth-order valence-corrected chi connectivity index (χ4v) is 2.92. The van der Waals surface area contributed by atoms with Crippen LogP contribution in [0.4, 0.5) is 0 Å². The molecule has 0 spiro atoms. The Balaban J connectivity index is 0.00000243. The van der Waals surface area contributed by atoms with Crippen LogP contribution in [-0.2, 0) is 19.5 Å². The fourth-order valence-electron chi connectivity index (χ4n) is 2.92. The number of aliphatic imine (C=N–C) groups is 1. The van der Waals surface area contributed by atoms with Crippen molar-refractivity contribution < 1.29 is 0 Å². The highest BCUT2D eigenvalue weighted by Crippen LogP contribution is 2.13. The Hall–Kier alpha value is -2.15. The van der Waals surface area contributed by atoms with Crippen LogP contribution in [-0.4, -0.2) is 33.3 Å². The fraction of sp³-hybridized carbons (Fsp3) is 0.444. The van der Waals surface area contributed by atoms with E-state index in [0.29, 0.717) is 12.1 Å². The highest BCUT2D eigenvalue weighted by molar-refractivity contribution is 14.0. The van der Waals surface area contributed by atoms with Crippen LogP contribution < -0.4 is 10.6 Å². The minimum absolute atomic E-state index is 0. The van der Waals surface area contributed by atoms with Gasteiger partial charge in [0.25, 0.3) is 0 Å². The van der Waals surface area contributed by atoms with E-state index in [9.17, 15) is 0 Å². The van der Waals surface area contributed by atoms with E-state index in [2.05, 4.69) is 38.7 Å². The van der Waals surface area contributed by atoms with Gasteiger partial charge < -0.3 is 10.6 Å². The summed E-state index contributed by atoms with van der Waals surface area (Å²) in [6, 6.07) is 9.94. The molecule has 2 aromatic rings. The molecule has 2 heterocycles. The van der Waals surface area contributed by atoms with Gasteiger partial charge >= 0.3 is 0 Å². The van der Waals surface area contributed by atoms with Gasteiger partial charge in [0.15, 0.2) is 5.96 Å². The van der Waals surface area contributed by atoms with Gasteiger partial charge in [0.1, 0.15) is 11.6 Å². The van der Waals surface area contributed by atoms with E-state index in [1.807, 2.05) is 35.9 Å². The molecule has 0 saturated heterocycles. The van der Waals surface area contributed by atoms with Crippen molar-refractivity contribution in [2.45, 2.75) is 45.8 Å². The van der Waals surface area contributed by atoms with Gasteiger partial charge in [-0.25, -0.2) is 14.7 Å². The van der Waals surface area contributed by atoms with E-state index < -0.39 is 0 Å². The molecule has 1 aliphatic rings. The van der Waals surface area contributed by atoms with Crippen molar-refractivity contribution in [1.29, 1.82) is 5.26 Å². The molecule has 138 valence electrons. The quantitative estimate of drug-likeness (QED) is 0.410. The molecule has 1 aromatic heterocycles. The Morgan fingerprint density at radius 1 is 1.38 bits per heavy atom. The lowest BCUT2D eigenvalue weighted by Gasteiger charge is -2.25. The van der Waals surface area contributed by atoms with E-state index in [1.165, 1.54) is 0 Å². The molecule has 2 N–H and O–H groups in total. The molecular weight excluding hydrogens is 441 g/mol. The van der Waals surface area contributed by atoms with Crippen LogP contribution in [0.15, 0.2) is 29.3 Å². The second kappa shape index (κ2) is 9.52. The minimum atomic E-state index is 0. The summed E-state index contributed by atoms with van der Waals surface area (Å²) < 4.78 is 1.99. The molecule has 1 unspecified atom stereocenters. The van der Waals surface area contributed by atoms with Gasteiger partial charge in [0.2, 0.25) is 0 Å². The summed E-state index contributed by atoms with van der Waals surface area (Å²) in [5, 5.41) is 20.1. The molecule has 1 aliphatic heterocycles. The Kier molecular flexibility index (Phi) is 7.38. The van der Waals surface area contributed by atoms with Gasteiger partial charge in [-0.05, 0) is 38.0 Å². The first-order chi connectivity index (χ1) is 12.2. The second-order valence-corrected chi connectivity index (χ2v) is 6.14. The third-order valence-electron chi connectivity index (χ3n) is 4.15. The lowest BCUT2D eigenvalue weighted by molar-refractivity contribution is 0.392. The molecule has 0 saturated carbocycles. The summed E-state index contributed by atoms with van der Waals surface area (Å²) >= 11 is 0. The SMILES string of the molecule is CCNC(=NCc1ccc(C#N)cc1)NC1CCc2nc(C)nn2C1.I. The van der Waals surface area contributed by atoms with Gasteiger partial charge in [0, 0.05) is 19.0 Å². The standard InChI is InChI=1S/C18H23N7.HI/c1-3-20-18(21-11-15-6-4-14(10-19)5-7-15)23-16-8-9-17-22-13(2)24-25(17)12-16;/h4-7,16H,3,8-9,11-12H2,1-2H3,(H2,20,21,23);1H. The van der Waals surface area contributed by atoms with E-state index in [4.69, 9.17) is 5.26 Å². The lowest BCUT2D eigenvalue weighted by Crippen LogP contribution is -2.47. The van der Waals surface area contributed by atoms with E-state index >= 15 is 0 Å². The number of fused-ring (bicyclic) bond motifs is 1. The molecule has 7 nitrogen and oxygen atoms in total. The Morgan fingerprint density at radius 2 is 2.15 bits per heavy atom. The summed E-state index contributed by atoms with van der Waals surface area (Å²) in [6.45, 7) is 6.16. The lowest BCUT2D eigenvalue weighted by atomic mass is 10.1. The van der Waals surface area contributed by atoms with Gasteiger partial charge in [0.05, 0.1) is 24.7 Å². The van der Waals surface area contributed by atoms with Crippen LogP contribution in [0.1, 0.15) is 36.1 Å². The first-order valence-corrected chi connectivity index (χ1v) is 8.62. The number of rotatable bonds is 4. The third kappa shape index (κ3) is 5.17. The zero-order valence-corrected chi connectivity index (χ0v) is 17.4. The third-order valence-corrected chi connectivity index (χ3v) is 4.15. The molecule has 0 radical (unpaired) electrons. The molecule has 8 heteroatoms. The van der Waals surface area contributed by atoms with Crippen molar-refractivity contribution in [2.24, 2.45) is 4.99 Å². The van der Waals surface area contributed by atoms with Crippen molar-refractivity contribution in [2.75, 3.05) is 6.54 Å². The number of halogens is 1. The first kappa shape index (κ1) is 20.2. The maximum Gasteiger partial charge on any atom is 0.191 e. The number of nitrogens with zero attached hydrogens (tertiary/aromatic N) is 5. The predicted octanol–water partition coefficient (Wildman–Crippen LogP) is 2.15. The molecule has 3 rings (SSSR count). The minimum Gasteiger partial charge on any atom is -0.357 e. The smallest absolute Gasteiger partial charge is 0.191 e. The zero-order valence-electron chi connectivity index (χ0n) is 15.1. The van der Waals surface area contributed by atoms with Crippen molar-refractivity contribution in [3.63, 3.8) is 0 Å². The summed E-state index contributed by atoms with van der Waals surface area (Å²) in [5.41, 5.74) is 1.74. The van der Waals surface area contributed by atoms with Crippen LogP contribution in [0.3, 0.4) is 0 Å². The largest absolute Gasteiger partial charge is 0.357 e. The normalized spacial score (nSPS) is 16.2. The maximum atomic E-state index is 8.86. The van der Waals surface area contributed by atoms with Crippen LogP contribution in [0, 0.1) is 18.3 Å².